The Hall–Kier alpha value is -1.27. The van der Waals surface area contributed by atoms with Crippen molar-refractivity contribution in [2.24, 2.45) is 5.92 Å². The fraction of sp³-hybridized carbons (Fsp3) is 0.667. The van der Waals surface area contributed by atoms with Gasteiger partial charge in [-0.3, -0.25) is 4.79 Å². The van der Waals surface area contributed by atoms with Gasteiger partial charge < -0.3 is 20.7 Å². The summed E-state index contributed by atoms with van der Waals surface area (Å²) in [5, 5.41) is 4.39. The molecular formula is C15H25N3O2S. The summed E-state index contributed by atoms with van der Waals surface area (Å²) < 4.78 is 5.41. The summed E-state index contributed by atoms with van der Waals surface area (Å²) in [5.74, 6) is 0.627. The molecule has 21 heavy (non-hydrogen) atoms. The molecule has 118 valence electrons. The first kappa shape index (κ1) is 16.1. The van der Waals surface area contributed by atoms with Crippen LogP contribution in [-0.4, -0.2) is 44.0 Å². The topological polar surface area (TPSA) is 67.6 Å². The number of anilines is 2. The van der Waals surface area contributed by atoms with Gasteiger partial charge in [-0.15, -0.1) is 11.3 Å². The summed E-state index contributed by atoms with van der Waals surface area (Å²) >= 11 is 1.42. The molecule has 0 atom stereocenters. The number of carbonyl (C=O) groups is 1. The van der Waals surface area contributed by atoms with E-state index in [1.54, 1.807) is 7.11 Å². The molecule has 1 aromatic heterocycles. The van der Waals surface area contributed by atoms with Crippen LogP contribution in [0.3, 0.4) is 0 Å². The molecule has 0 amide bonds. The van der Waals surface area contributed by atoms with Crippen molar-refractivity contribution < 1.29 is 9.53 Å². The van der Waals surface area contributed by atoms with E-state index in [0.717, 1.165) is 30.9 Å². The van der Waals surface area contributed by atoms with Crippen LogP contribution < -0.4 is 15.8 Å². The van der Waals surface area contributed by atoms with Gasteiger partial charge in [-0.2, -0.15) is 0 Å². The van der Waals surface area contributed by atoms with Gasteiger partial charge in [0.1, 0.15) is 5.00 Å². The number of methoxy groups -OCH3 is 1. The molecule has 1 fully saturated rings. The minimum atomic E-state index is -0.0631. The van der Waals surface area contributed by atoms with Crippen LogP contribution in [0.4, 0.5) is 10.7 Å². The molecule has 0 radical (unpaired) electrons. The van der Waals surface area contributed by atoms with Crippen LogP contribution in [0.2, 0.25) is 0 Å². The Labute approximate surface area is 130 Å². The summed E-state index contributed by atoms with van der Waals surface area (Å²) in [5.41, 5.74) is 6.57. The highest BCUT2D eigenvalue weighted by Crippen LogP contribution is 2.44. The van der Waals surface area contributed by atoms with E-state index in [1.165, 1.54) is 11.3 Å². The summed E-state index contributed by atoms with van der Waals surface area (Å²) in [6, 6.07) is 0.412. The van der Waals surface area contributed by atoms with Crippen molar-refractivity contribution >= 4 is 27.8 Å². The fourth-order valence-electron chi connectivity index (χ4n) is 2.51. The Bertz CT molecular complexity index is 505. The van der Waals surface area contributed by atoms with Gasteiger partial charge in [-0.1, -0.05) is 13.8 Å². The van der Waals surface area contributed by atoms with Crippen molar-refractivity contribution in [3.63, 3.8) is 0 Å². The number of rotatable bonds is 5. The molecule has 6 heteroatoms. The van der Waals surface area contributed by atoms with Crippen LogP contribution in [-0.2, 0) is 0 Å². The number of Topliss-reactive ketones (excluding diaryl/α,β-unsaturated/α-hetero) is 1. The predicted molar refractivity (Wildman–Crippen MR) is 88.6 cm³/mol. The van der Waals surface area contributed by atoms with Gasteiger partial charge in [-0.05, 0) is 33.0 Å². The number of hydrogen-bond donors (Lipinski definition) is 2. The SMILES string of the molecule is COc1c(NC2CCN(C)CC2)sc(C(=O)C(C)C)c1N. The third-order valence-corrected chi connectivity index (χ3v) is 5.04. The fourth-order valence-corrected chi connectivity index (χ4v) is 3.76. The number of nitrogens with one attached hydrogen (secondary N) is 1. The summed E-state index contributed by atoms with van der Waals surface area (Å²) in [4.78, 5) is 15.2. The van der Waals surface area contributed by atoms with Crippen LogP contribution in [0, 0.1) is 5.92 Å². The molecule has 0 spiro atoms. The Morgan fingerprint density at radius 2 is 2.05 bits per heavy atom. The monoisotopic (exact) mass is 311 g/mol. The van der Waals surface area contributed by atoms with Crippen LogP contribution >= 0.6 is 11.3 Å². The highest BCUT2D eigenvalue weighted by Gasteiger charge is 2.25. The maximum atomic E-state index is 12.2. The Balaban J connectivity index is 2.19. The second-order valence-corrected chi connectivity index (χ2v) is 6.97. The number of carbonyl (C=O) groups excluding carboxylic acids is 1. The average molecular weight is 311 g/mol. The third kappa shape index (κ3) is 3.49. The van der Waals surface area contributed by atoms with E-state index in [9.17, 15) is 4.79 Å². The number of ketones is 1. The lowest BCUT2D eigenvalue weighted by Crippen LogP contribution is -2.36. The molecule has 0 aliphatic carbocycles. The van der Waals surface area contributed by atoms with Crippen molar-refractivity contribution in [1.82, 2.24) is 4.90 Å². The van der Waals surface area contributed by atoms with Crippen molar-refractivity contribution in [3.8, 4) is 5.75 Å². The van der Waals surface area contributed by atoms with Gasteiger partial charge in [-0.25, -0.2) is 0 Å². The highest BCUT2D eigenvalue weighted by atomic mass is 32.1. The standard InChI is InChI=1S/C15H25N3O2S/c1-9(2)12(19)14-11(16)13(20-4)15(21-14)17-10-5-7-18(3)8-6-10/h9-10,17H,5-8,16H2,1-4H3. The number of likely N-dealkylation sites (tertiary alicyclic amines) is 1. The molecule has 0 unspecified atom stereocenters. The summed E-state index contributed by atoms with van der Waals surface area (Å²) in [6.45, 7) is 5.94. The number of nitrogens with zero attached hydrogens (tertiary/aromatic N) is 1. The maximum absolute atomic E-state index is 12.2. The molecule has 1 aliphatic rings. The van der Waals surface area contributed by atoms with Crippen LogP contribution in [0.1, 0.15) is 36.4 Å². The first-order valence-corrected chi connectivity index (χ1v) is 8.21. The minimum Gasteiger partial charge on any atom is -0.492 e. The van der Waals surface area contributed by atoms with E-state index in [4.69, 9.17) is 10.5 Å². The zero-order valence-corrected chi connectivity index (χ0v) is 14.0. The maximum Gasteiger partial charge on any atom is 0.177 e. The normalized spacial score (nSPS) is 17.2. The highest BCUT2D eigenvalue weighted by molar-refractivity contribution is 7.19. The molecule has 0 bridgehead atoms. The minimum absolute atomic E-state index is 0.0631. The molecular weight excluding hydrogens is 286 g/mol. The lowest BCUT2D eigenvalue weighted by molar-refractivity contribution is 0.0944. The van der Waals surface area contributed by atoms with E-state index in [2.05, 4.69) is 17.3 Å². The van der Waals surface area contributed by atoms with Gasteiger partial charge in [0.2, 0.25) is 0 Å². The lowest BCUT2D eigenvalue weighted by Gasteiger charge is -2.29. The number of nitrogen functional groups attached to an aromatic ring is 1. The second-order valence-electron chi connectivity index (χ2n) is 5.95. The zero-order chi connectivity index (χ0) is 15.6. The van der Waals surface area contributed by atoms with Gasteiger partial charge in [0, 0.05) is 12.0 Å². The molecule has 1 saturated heterocycles. The first-order valence-electron chi connectivity index (χ1n) is 7.39. The smallest absolute Gasteiger partial charge is 0.177 e. The first-order chi connectivity index (χ1) is 9.93. The molecule has 2 heterocycles. The number of nitrogens with two attached hydrogens (primary N) is 1. The second kappa shape index (κ2) is 6.66. The van der Waals surface area contributed by atoms with Crippen LogP contribution in [0.15, 0.2) is 0 Å². The van der Waals surface area contributed by atoms with Crippen LogP contribution in [0.5, 0.6) is 5.75 Å². The van der Waals surface area contributed by atoms with Gasteiger partial charge in [0.05, 0.1) is 17.7 Å². The van der Waals surface area contributed by atoms with E-state index < -0.39 is 0 Å². The number of piperidine rings is 1. The molecule has 5 nitrogen and oxygen atoms in total. The van der Waals surface area contributed by atoms with Gasteiger partial charge in [0.25, 0.3) is 0 Å². The van der Waals surface area contributed by atoms with Gasteiger partial charge >= 0.3 is 0 Å². The van der Waals surface area contributed by atoms with E-state index in [0.29, 0.717) is 22.4 Å². The summed E-state index contributed by atoms with van der Waals surface area (Å²) in [6.07, 6.45) is 2.18. The van der Waals surface area contributed by atoms with Crippen LogP contribution in [0.25, 0.3) is 0 Å². The Morgan fingerprint density at radius 3 is 2.57 bits per heavy atom. The molecule has 3 N–H and O–H groups in total. The largest absolute Gasteiger partial charge is 0.492 e. The number of ether oxygens (including phenoxy) is 1. The molecule has 0 aromatic carbocycles. The van der Waals surface area contributed by atoms with E-state index >= 15 is 0 Å². The third-order valence-electron chi connectivity index (χ3n) is 3.91. The molecule has 1 aliphatic heterocycles. The zero-order valence-electron chi connectivity index (χ0n) is 13.2. The van der Waals surface area contributed by atoms with Crippen molar-refractivity contribution in [2.45, 2.75) is 32.7 Å². The number of hydrogen-bond acceptors (Lipinski definition) is 6. The Morgan fingerprint density at radius 1 is 1.43 bits per heavy atom. The number of thiophene rings is 1. The summed E-state index contributed by atoms with van der Waals surface area (Å²) in [7, 11) is 3.74. The lowest BCUT2D eigenvalue weighted by atomic mass is 10.1. The molecule has 2 rings (SSSR count). The Kier molecular flexibility index (Phi) is 5.11. The average Bonchev–Trinajstić information content (AvgIpc) is 2.76. The van der Waals surface area contributed by atoms with Gasteiger partial charge in [0.15, 0.2) is 11.5 Å². The predicted octanol–water partition coefficient (Wildman–Crippen LogP) is 2.68. The van der Waals surface area contributed by atoms with E-state index in [1.807, 2.05) is 13.8 Å². The molecule has 1 aromatic rings. The van der Waals surface area contributed by atoms with Crippen molar-refractivity contribution in [3.05, 3.63) is 4.88 Å². The van der Waals surface area contributed by atoms with E-state index in [-0.39, 0.29) is 11.7 Å². The molecule has 0 saturated carbocycles. The quantitative estimate of drug-likeness (QED) is 0.818. The van der Waals surface area contributed by atoms with Crippen molar-refractivity contribution in [1.29, 1.82) is 0 Å². The van der Waals surface area contributed by atoms with Crippen molar-refractivity contribution in [2.75, 3.05) is 38.3 Å².